The van der Waals surface area contributed by atoms with Gasteiger partial charge >= 0.3 is 11.9 Å². The average molecular weight is 378 g/mol. The van der Waals surface area contributed by atoms with Crippen molar-refractivity contribution in [3.8, 4) is 0 Å². The Kier molecular flexibility index (Phi) is 4.61. The molecule has 0 aliphatic rings. The Balaban J connectivity index is 1.83. The minimum atomic E-state index is -4.53. The monoisotopic (exact) mass is 378 g/mol. The number of halogens is 3. The van der Waals surface area contributed by atoms with Gasteiger partial charge in [-0.15, -0.1) is 0 Å². The molecule has 27 heavy (non-hydrogen) atoms. The zero-order chi connectivity index (χ0) is 19.8. The number of fused-ring (bicyclic) bond motifs is 1. The van der Waals surface area contributed by atoms with Gasteiger partial charge in [-0.1, -0.05) is 6.07 Å². The van der Waals surface area contributed by atoms with Crippen LogP contribution in [0.25, 0.3) is 11.1 Å². The van der Waals surface area contributed by atoms with E-state index in [2.05, 4.69) is 5.32 Å². The molecule has 0 unspecified atom stereocenters. The molecule has 0 fully saturated rings. The number of hydrogen-bond donors (Lipinski definition) is 1. The first-order valence-electron chi connectivity index (χ1n) is 7.76. The summed E-state index contributed by atoms with van der Waals surface area (Å²) in [6, 6.07) is 8.50. The van der Waals surface area contributed by atoms with Crippen LogP contribution in [-0.4, -0.2) is 16.3 Å². The summed E-state index contributed by atoms with van der Waals surface area (Å²) in [7, 11) is 0. The Labute approximate surface area is 150 Å². The molecular formula is C18H13F3N2O4. The second-order valence-electron chi connectivity index (χ2n) is 5.82. The summed E-state index contributed by atoms with van der Waals surface area (Å²) >= 11 is 0. The highest BCUT2D eigenvalue weighted by Gasteiger charge is 2.30. The number of ketones is 1. The van der Waals surface area contributed by atoms with Gasteiger partial charge in [-0.2, -0.15) is 13.2 Å². The van der Waals surface area contributed by atoms with Crippen LogP contribution in [0, 0.1) is 0 Å². The zero-order valence-electron chi connectivity index (χ0n) is 14.0. The van der Waals surface area contributed by atoms with Crippen molar-refractivity contribution in [2.24, 2.45) is 0 Å². The Morgan fingerprint density at radius 1 is 1.15 bits per heavy atom. The molecule has 0 atom stereocenters. The lowest BCUT2D eigenvalue weighted by Crippen LogP contribution is -2.24. The molecule has 6 nitrogen and oxygen atoms in total. The number of nitrogens with one attached hydrogen (secondary N) is 1. The number of carbonyl (C=O) groups is 2. The fourth-order valence-electron chi connectivity index (χ4n) is 2.55. The van der Waals surface area contributed by atoms with Gasteiger partial charge in [-0.05, 0) is 43.3 Å². The predicted molar refractivity (Wildman–Crippen MR) is 90.6 cm³/mol. The molecule has 0 spiro atoms. The Morgan fingerprint density at radius 3 is 2.56 bits per heavy atom. The highest BCUT2D eigenvalue weighted by Crippen LogP contribution is 2.30. The van der Waals surface area contributed by atoms with Crippen molar-refractivity contribution in [2.75, 3.05) is 5.32 Å². The SMILES string of the molecule is CC(=O)c1ccc2c(c1)oc(=O)n2CC(=O)Nc1cccc(C(F)(F)F)c1. The van der Waals surface area contributed by atoms with Crippen LogP contribution < -0.4 is 11.1 Å². The molecule has 0 radical (unpaired) electrons. The van der Waals surface area contributed by atoms with Crippen molar-refractivity contribution in [1.82, 2.24) is 4.57 Å². The maximum Gasteiger partial charge on any atom is 0.420 e. The molecule has 1 aromatic heterocycles. The van der Waals surface area contributed by atoms with Gasteiger partial charge in [0.15, 0.2) is 11.4 Å². The number of alkyl halides is 3. The van der Waals surface area contributed by atoms with Gasteiger partial charge in [-0.25, -0.2) is 4.79 Å². The van der Waals surface area contributed by atoms with E-state index in [1.165, 1.54) is 37.3 Å². The second-order valence-corrected chi connectivity index (χ2v) is 5.82. The van der Waals surface area contributed by atoms with Crippen molar-refractivity contribution in [1.29, 1.82) is 0 Å². The van der Waals surface area contributed by atoms with Crippen molar-refractivity contribution in [3.05, 3.63) is 64.1 Å². The molecule has 3 rings (SSSR count). The quantitative estimate of drug-likeness (QED) is 0.705. The van der Waals surface area contributed by atoms with Crippen LogP contribution in [0.1, 0.15) is 22.8 Å². The van der Waals surface area contributed by atoms with E-state index in [0.29, 0.717) is 11.1 Å². The highest BCUT2D eigenvalue weighted by molar-refractivity contribution is 5.97. The van der Waals surface area contributed by atoms with Gasteiger partial charge in [0.1, 0.15) is 6.54 Å². The van der Waals surface area contributed by atoms with Crippen molar-refractivity contribution < 1.29 is 27.2 Å². The molecule has 1 heterocycles. The van der Waals surface area contributed by atoms with Crippen LogP contribution in [0.2, 0.25) is 0 Å². The number of anilines is 1. The first kappa shape index (κ1) is 18.4. The molecule has 0 bridgehead atoms. The van der Waals surface area contributed by atoms with Crippen LogP contribution in [0.3, 0.4) is 0 Å². The van der Waals surface area contributed by atoms with Crippen molar-refractivity contribution in [3.63, 3.8) is 0 Å². The molecule has 0 aliphatic carbocycles. The van der Waals surface area contributed by atoms with Gasteiger partial charge in [-0.3, -0.25) is 14.2 Å². The normalized spacial score (nSPS) is 11.6. The molecule has 0 aliphatic heterocycles. The summed E-state index contributed by atoms with van der Waals surface area (Å²) in [5, 5.41) is 2.32. The van der Waals surface area contributed by atoms with E-state index < -0.39 is 29.9 Å². The number of oxazole rings is 1. The van der Waals surface area contributed by atoms with E-state index in [0.717, 1.165) is 16.7 Å². The lowest BCUT2D eigenvalue weighted by atomic mass is 10.1. The van der Waals surface area contributed by atoms with Gasteiger partial charge in [0.2, 0.25) is 5.91 Å². The van der Waals surface area contributed by atoms with Gasteiger partial charge in [0.05, 0.1) is 11.1 Å². The van der Waals surface area contributed by atoms with E-state index >= 15 is 0 Å². The standard InChI is InChI=1S/C18H13F3N2O4/c1-10(24)11-5-6-14-15(7-11)27-17(26)23(14)9-16(25)22-13-4-2-3-12(8-13)18(19,20)21/h2-8H,9H2,1H3,(H,22,25). The van der Waals surface area contributed by atoms with Crippen LogP contribution in [0.4, 0.5) is 18.9 Å². The van der Waals surface area contributed by atoms with Crippen LogP contribution in [0.5, 0.6) is 0 Å². The highest BCUT2D eigenvalue weighted by atomic mass is 19.4. The minimum absolute atomic E-state index is 0.0467. The van der Waals surface area contributed by atoms with Gasteiger partial charge < -0.3 is 9.73 Å². The first-order chi connectivity index (χ1) is 12.6. The molecule has 140 valence electrons. The Morgan fingerprint density at radius 2 is 1.89 bits per heavy atom. The van der Waals surface area contributed by atoms with E-state index in [4.69, 9.17) is 4.42 Å². The zero-order valence-corrected chi connectivity index (χ0v) is 14.0. The maximum absolute atomic E-state index is 12.7. The molecule has 9 heteroatoms. The summed E-state index contributed by atoms with van der Waals surface area (Å²) in [6.07, 6.45) is -4.53. The molecule has 2 aromatic carbocycles. The van der Waals surface area contributed by atoms with Crippen molar-refractivity contribution >= 4 is 28.5 Å². The van der Waals surface area contributed by atoms with Crippen molar-refractivity contribution in [2.45, 2.75) is 19.6 Å². The number of benzene rings is 2. The number of amides is 1. The smallest absolute Gasteiger partial charge is 0.408 e. The molecule has 0 saturated carbocycles. The van der Waals surface area contributed by atoms with Gasteiger partial charge in [0.25, 0.3) is 0 Å². The molecule has 0 saturated heterocycles. The van der Waals surface area contributed by atoms with Crippen LogP contribution in [-0.2, 0) is 17.5 Å². The second kappa shape index (κ2) is 6.75. The fraction of sp³-hybridized carbons (Fsp3) is 0.167. The summed E-state index contributed by atoms with van der Waals surface area (Å²) in [5.41, 5.74) is -0.168. The third kappa shape index (κ3) is 3.91. The van der Waals surface area contributed by atoms with E-state index in [1.807, 2.05) is 0 Å². The number of aromatic nitrogens is 1. The summed E-state index contributed by atoms with van der Waals surface area (Å²) in [6.45, 7) is 0.903. The Bertz CT molecular complexity index is 1100. The molecule has 1 N–H and O–H groups in total. The number of Topliss-reactive ketones (excluding diaryl/α,β-unsaturated/α-hetero) is 1. The van der Waals surface area contributed by atoms with Gasteiger partial charge in [0, 0.05) is 11.3 Å². The third-order valence-corrected chi connectivity index (χ3v) is 3.85. The van der Waals surface area contributed by atoms with E-state index in [9.17, 15) is 27.6 Å². The summed E-state index contributed by atoms with van der Waals surface area (Å²) in [4.78, 5) is 35.5. The Hall–Kier alpha value is -3.36. The summed E-state index contributed by atoms with van der Waals surface area (Å²) < 4.78 is 44.3. The first-order valence-corrected chi connectivity index (χ1v) is 7.76. The fourth-order valence-corrected chi connectivity index (χ4v) is 2.55. The lowest BCUT2D eigenvalue weighted by Gasteiger charge is -2.10. The lowest BCUT2D eigenvalue weighted by molar-refractivity contribution is -0.137. The van der Waals surface area contributed by atoms with E-state index in [1.54, 1.807) is 0 Å². The maximum atomic E-state index is 12.7. The van der Waals surface area contributed by atoms with E-state index in [-0.39, 0.29) is 17.1 Å². The van der Waals surface area contributed by atoms with Crippen LogP contribution >= 0.6 is 0 Å². The number of carbonyl (C=O) groups excluding carboxylic acids is 2. The third-order valence-electron chi connectivity index (χ3n) is 3.85. The van der Waals surface area contributed by atoms with Crippen LogP contribution in [0.15, 0.2) is 51.7 Å². The number of rotatable bonds is 4. The largest absolute Gasteiger partial charge is 0.420 e. The molecular weight excluding hydrogens is 365 g/mol. The average Bonchev–Trinajstić information content (AvgIpc) is 2.89. The topological polar surface area (TPSA) is 81.3 Å². The minimum Gasteiger partial charge on any atom is -0.408 e. The summed E-state index contributed by atoms with van der Waals surface area (Å²) in [5.74, 6) is -1.73. The number of hydrogen-bond acceptors (Lipinski definition) is 4. The molecule has 1 amide bonds. The molecule has 3 aromatic rings. The number of nitrogens with zero attached hydrogens (tertiary/aromatic N) is 1. The predicted octanol–water partition coefficient (Wildman–Crippen LogP) is 3.45.